The van der Waals surface area contributed by atoms with Crippen LogP contribution in [0.15, 0.2) is 24.3 Å². The molecule has 0 bridgehead atoms. The van der Waals surface area contributed by atoms with Gasteiger partial charge in [0.25, 0.3) is 0 Å². The quantitative estimate of drug-likeness (QED) is 0.670. The number of hydrogen-bond acceptors (Lipinski definition) is 2. The summed E-state index contributed by atoms with van der Waals surface area (Å²) in [6, 6.07) is 8.18. The summed E-state index contributed by atoms with van der Waals surface area (Å²) in [6.45, 7) is 2.68. The lowest BCUT2D eigenvalue weighted by atomic mass is 9.97. The van der Waals surface area contributed by atoms with Gasteiger partial charge in [0.1, 0.15) is 6.29 Å². The van der Waals surface area contributed by atoms with E-state index in [1.54, 1.807) is 7.11 Å². The van der Waals surface area contributed by atoms with Gasteiger partial charge in [0.05, 0.1) is 6.61 Å². The predicted molar refractivity (Wildman–Crippen MR) is 56.3 cm³/mol. The molecule has 1 unspecified atom stereocenters. The third-order valence-electron chi connectivity index (χ3n) is 2.28. The molecule has 1 rings (SSSR count). The first-order chi connectivity index (χ1) is 6.77. The maximum Gasteiger partial charge on any atom is 0.120 e. The van der Waals surface area contributed by atoms with Gasteiger partial charge in [-0.25, -0.2) is 0 Å². The summed E-state index contributed by atoms with van der Waals surface area (Å²) in [5, 5.41) is 0. The Morgan fingerprint density at radius 2 is 2.29 bits per heavy atom. The molecule has 0 saturated carbocycles. The topological polar surface area (TPSA) is 26.3 Å². The summed E-state index contributed by atoms with van der Waals surface area (Å²) in [4.78, 5) is 10.4. The van der Waals surface area contributed by atoms with Crippen molar-refractivity contribution in [2.45, 2.75) is 25.9 Å². The van der Waals surface area contributed by atoms with Crippen molar-refractivity contribution in [3.8, 4) is 0 Å². The van der Waals surface area contributed by atoms with Crippen molar-refractivity contribution in [2.75, 3.05) is 7.11 Å². The van der Waals surface area contributed by atoms with Gasteiger partial charge in [-0.15, -0.1) is 0 Å². The number of carbonyl (C=O) groups excluding carboxylic acids is 1. The molecule has 0 heterocycles. The highest BCUT2D eigenvalue weighted by Gasteiger charge is 2.04. The van der Waals surface area contributed by atoms with Gasteiger partial charge in [-0.05, 0) is 17.0 Å². The van der Waals surface area contributed by atoms with Gasteiger partial charge in [0, 0.05) is 13.5 Å². The number of benzene rings is 1. The summed E-state index contributed by atoms with van der Waals surface area (Å²) < 4.78 is 5.05. The van der Waals surface area contributed by atoms with E-state index in [9.17, 15) is 4.79 Å². The van der Waals surface area contributed by atoms with Crippen LogP contribution in [0.3, 0.4) is 0 Å². The molecule has 0 N–H and O–H groups in total. The summed E-state index contributed by atoms with van der Waals surface area (Å²) in [5.41, 5.74) is 2.36. The molecule has 2 heteroatoms. The number of rotatable bonds is 5. The van der Waals surface area contributed by atoms with E-state index in [0.717, 1.165) is 11.8 Å². The van der Waals surface area contributed by atoms with Gasteiger partial charge in [-0.1, -0.05) is 31.2 Å². The maximum absolute atomic E-state index is 10.4. The molecule has 76 valence electrons. The Morgan fingerprint density at radius 1 is 1.50 bits per heavy atom. The van der Waals surface area contributed by atoms with Gasteiger partial charge in [-0.2, -0.15) is 0 Å². The van der Waals surface area contributed by atoms with E-state index in [0.29, 0.717) is 18.9 Å². The molecule has 14 heavy (non-hydrogen) atoms. The molecule has 0 aliphatic carbocycles. The standard InChI is InChI=1S/C12H16O2/c1-10(6-7-13)12-5-3-4-11(8-12)9-14-2/h3-5,7-8,10H,6,9H2,1-2H3. The van der Waals surface area contributed by atoms with Gasteiger partial charge < -0.3 is 9.53 Å². The molecule has 0 aromatic heterocycles. The van der Waals surface area contributed by atoms with Crippen molar-refractivity contribution in [2.24, 2.45) is 0 Å². The van der Waals surface area contributed by atoms with Crippen LogP contribution in [0.1, 0.15) is 30.4 Å². The number of aldehydes is 1. The highest BCUT2D eigenvalue weighted by atomic mass is 16.5. The van der Waals surface area contributed by atoms with Crippen molar-refractivity contribution in [3.05, 3.63) is 35.4 Å². The molecule has 0 aliphatic rings. The molecule has 1 atom stereocenters. The Labute approximate surface area is 84.9 Å². The first kappa shape index (κ1) is 10.9. The Balaban J connectivity index is 2.76. The van der Waals surface area contributed by atoms with Crippen LogP contribution < -0.4 is 0 Å². The van der Waals surface area contributed by atoms with Crippen LogP contribution in [-0.2, 0) is 16.1 Å². The Morgan fingerprint density at radius 3 is 2.93 bits per heavy atom. The van der Waals surface area contributed by atoms with Crippen LogP contribution in [0.4, 0.5) is 0 Å². The van der Waals surface area contributed by atoms with Crippen molar-refractivity contribution in [3.63, 3.8) is 0 Å². The molecule has 0 saturated heterocycles. The van der Waals surface area contributed by atoms with Gasteiger partial charge in [0.15, 0.2) is 0 Å². The minimum Gasteiger partial charge on any atom is -0.380 e. The second-order valence-corrected chi connectivity index (χ2v) is 3.48. The molecule has 0 aliphatic heterocycles. The van der Waals surface area contributed by atoms with Crippen molar-refractivity contribution in [1.82, 2.24) is 0 Å². The number of carbonyl (C=O) groups is 1. The first-order valence-corrected chi connectivity index (χ1v) is 4.79. The molecule has 0 spiro atoms. The van der Waals surface area contributed by atoms with E-state index < -0.39 is 0 Å². The van der Waals surface area contributed by atoms with Crippen LogP contribution in [0.2, 0.25) is 0 Å². The summed E-state index contributed by atoms with van der Waals surface area (Å²) in [7, 11) is 1.68. The summed E-state index contributed by atoms with van der Waals surface area (Å²) in [5.74, 6) is 0.296. The minimum absolute atomic E-state index is 0.296. The zero-order chi connectivity index (χ0) is 10.4. The van der Waals surface area contributed by atoms with Gasteiger partial charge in [0.2, 0.25) is 0 Å². The average Bonchev–Trinajstić information content (AvgIpc) is 2.19. The van der Waals surface area contributed by atoms with Crippen molar-refractivity contribution >= 4 is 6.29 Å². The SMILES string of the molecule is COCc1cccc(C(C)CC=O)c1. The highest BCUT2D eigenvalue weighted by molar-refractivity contribution is 5.51. The molecule has 1 aromatic rings. The van der Waals surface area contributed by atoms with Gasteiger partial charge in [-0.3, -0.25) is 0 Å². The minimum atomic E-state index is 0.296. The second kappa shape index (κ2) is 5.55. The number of methoxy groups -OCH3 is 1. The normalized spacial score (nSPS) is 12.4. The van der Waals surface area contributed by atoms with Crippen LogP contribution in [0.5, 0.6) is 0 Å². The Bertz CT molecular complexity index is 294. The van der Waals surface area contributed by atoms with E-state index >= 15 is 0 Å². The Kier molecular flexibility index (Phi) is 4.33. The van der Waals surface area contributed by atoms with Crippen molar-refractivity contribution < 1.29 is 9.53 Å². The highest BCUT2D eigenvalue weighted by Crippen LogP contribution is 2.19. The van der Waals surface area contributed by atoms with E-state index in [1.807, 2.05) is 18.2 Å². The fourth-order valence-corrected chi connectivity index (χ4v) is 1.44. The number of ether oxygens (including phenoxy) is 1. The molecular weight excluding hydrogens is 176 g/mol. The second-order valence-electron chi connectivity index (χ2n) is 3.48. The lowest BCUT2D eigenvalue weighted by molar-refractivity contribution is -0.108. The lowest BCUT2D eigenvalue weighted by Gasteiger charge is -2.09. The lowest BCUT2D eigenvalue weighted by Crippen LogP contribution is -1.96. The van der Waals surface area contributed by atoms with E-state index in [1.165, 1.54) is 5.56 Å². The summed E-state index contributed by atoms with van der Waals surface area (Å²) >= 11 is 0. The monoisotopic (exact) mass is 192 g/mol. The fourth-order valence-electron chi connectivity index (χ4n) is 1.44. The molecule has 1 aromatic carbocycles. The van der Waals surface area contributed by atoms with Crippen LogP contribution in [-0.4, -0.2) is 13.4 Å². The Hall–Kier alpha value is -1.15. The predicted octanol–water partition coefficient (Wildman–Crippen LogP) is 2.53. The summed E-state index contributed by atoms with van der Waals surface area (Å²) in [6.07, 6.45) is 1.55. The average molecular weight is 192 g/mol. The van der Waals surface area contributed by atoms with E-state index in [-0.39, 0.29) is 0 Å². The van der Waals surface area contributed by atoms with Crippen LogP contribution >= 0.6 is 0 Å². The first-order valence-electron chi connectivity index (χ1n) is 4.79. The zero-order valence-electron chi connectivity index (χ0n) is 8.69. The molecule has 0 fully saturated rings. The number of hydrogen-bond donors (Lipinski definition) is 0. The third kappa shape index (κ3) is 2.96. The van der Waals surface area contributed by atoms with E-state index in [2.05, 4.69) is 13.0 Å². The largest absolute Gasteiger partial charge is 0.380 e. The molecule has 0 amide bonds. The third-order valence-corrected chi connectivity index (χ3v) is 2.28. The molecule has 0 radical (unpaired) electrons. The smallest absolute Gasteiger partial charge is 0.120 e. The maximum atomic E-state index is 10.4. The molecule has 2 nitrogen and oxygen atoms in total. The van der Waals surface area contributed by atoms with Crippen LogP contribution in [0, 0.1) is 0 Å². The van der Waals surface area contributed by atoms with Gasteiger partial charge >= 0.3 is 0 Å². The van der Waals surface area contributed by atoms with Crippen LogP contribution in [0.25, 0.3) is 0 Å². The molecular formula is C12H16O2. The van der Waals surface area contributed by atoms with E-state index in [4.69, 9.17) is 4.74 Å². The fraction of sp³-hybridized carbons (Fsp3) is 0.417. The van der Waals surface area contributed by atoms with Crippen molar-refractivity contribution in [1.29, 1.82) is 0 Å². The zero-order valence-corrected chi connectivity index (χ0v) is 8.69.